The summed E-state index contributed by atoms with van der Waals surface area (Å²) in [4.78, 5) is 37.7. The van der Waals surface area contributed by atoms with Crippen LogP contribution in [0.3, 0.4) is 0 Å². The highest BCUT2D eigenvalue weighted by molar-refractivity contribution is 6.33. The first kappa shape index (κ1) is 18.7. The van der Waals surface area contributed by atoms with Crippen molar-refractivity contribution < 1.29 is 14.4 Å². The summed E-state index contributed by atoms with van der Waals surface area (Å²) in [6.45, 7) is 1.69. The summed E-state index contributed by atoms with van der Waals surface area (Å²) in [5.74, 6) is -0.569. The van der Waals surface area contributed by atoms with Gasteiger partial charge in [-0.05, 0) is 30.3 Å². The van der Waals surface area contributed by atoms with Gasteiger partial charge in [0.15, 0.2) is 0 Å². The Labute approximate surface area is 161 Å². The number of carbonyl (C=O) groups is 3. The molecule has 1 aliphatic rings. The maximum atomic E-state index is 12.3. The summed E-state index contributed by atoms with van der Waals surface area (Å²) in [5, 5.41) is 8.55. The van der Waals surface area contributed by atoms with Crippen molar-refractivity contribution in [2.45, 2.75) is 0 Å². The lowest BCUT2D eigenvalue weighted by Gasteiger charge is -2.15. The van der Waals surface area contributed by atoms with Crippen molar-refractivity contribution in [1.82, 2.24) is 16.0 Å². The van der Waals surface area contributed by atoms with Gasteiger partial charge in [-0.15, -0.1) is 0 Å². The Hall–Kier alpha value is -3.06. The van der Waals surface area contributed by atoms with E-state index in [1.807, 2.05) is 0 Å². The molecule has 27 heavy (non-hydrogen) atoms. The van der Waals surface area contributed by atoms with Crippen molar-refractivity contribution in [2.24, 2.45) is 0 Å². The first-order valence-electron chi connectivity index (χ1n) is 8.52. The molecule has 7 nitrogen and oxygen atoms in total. The van der Waals surface area contributed by atoms with Crippen LogP contribution in [0.25, 0.3) is 0 Å². The number of anilines is 1. The zero-order valence-corrected chi connectivity index (χ0v) is 15.3. The highest BCUT2D eigenvalue weighted by atomic mass is 35.5. The predicted molar refractivity (Wildman–Crippen MR) is 103 cm³/mol. The molecule has 0 atom stereocenters. The smallest absolute Gasteiger partial charge is 0.321 e. The largest absolute Gasteiger partial charge is 0.350 e. The van der Waals surface area contributed by atoms with Crippen LogP contribution in [-0.4, -0.2) is 44.0 Å². The van der Waals surface area contributed by atoms with Crippen molar-refractivity contribution in [3.63, 3.8) is 0 Å². The van der Waals surface area contributed by atoms with E-state index < -0.39 is 0 Å². The summed E-state index contributed by atoms with van der Waals surface area (Å²) in [6, 6.07) is 13.4. The van der Waals surface area contributed by atoms with Crippen molar-refractivity contribution in [3.8, 4) is 0 Å². The molecule has 0 bridgehead atoms. The van der Waals surface area contributed by atoms with Gasteiger partial charge in [-0.25, -0.2) is 4.79 Å². The Bertz CT molecular complexity index is 872. The monoisotopic (exact) mass is 386 g/mol. The molecular weight excluding hydrogens is 368 g/mol. The number of hydrogen-bond donors (Lipinski definition) is 3. The zero-order chi connectivity index (χ0) is 19.2. The highest BCUT2D eigenvalue weighted by Gasteiger charge is 2.21. The number of nitrogens with zero attached hydrogens (tertiary/aromatic N) is 1. The molecular formula is C19H19ClN4O3. The minimum atomic E-state index is -0.295. The number of hydrogen-bond acceptors (Lipinski definition) is 3. The normalized spacial score (nSPS) is 13.2. The topological polar surface area (TPSA) is 90.5 Å². The zero-order valence-electron chi connectivity index (χ0n) is 14.5. The molecule has 0 spiro atoms. The van der Waals surface area contributed by atoms with Gasteiger partial charge in [0, 0.05) is 37.4 Å². The fourth-order valence-electron chi connectivity index (χ4n) is 2.73. The average molecular weight is 387 g/mol. The van der Waals surface area contributed by atoms with Gasteiger partial charge in [0.1, 0.15) is 0 Å². The van der Waals surface area contributed by atoms with E-state index in [-0.39, 0.29) is 30.9 Å². The molecule has 8 heteroatoms. The van der Waals surface area contributed by atoms with Gasteiger partial charge >= 0.3 is 6.03 Å². The van der Waals surface area contributed by atoms with E-state index in [1.54, 1.807) is 53.4 Å². The summed E-state index contributed by atoms with van der Waals surface area (Å²) in [5.41, 5.74) is 1.51. The molecule has 2 aromatic rings. The Morgan fingerprint density at radius 1 is 1.04 bits per heavy atom. The fraction of sp³-hybridized carbons (Fsp3) is 0.211. The van der Waals surface area contributed by atoms with E-state index in [4.69, 9.17) is 11.6 Å². The Morgan fingerprint density at radius 2 is 1.78 bits per heavy atom. The maximum absolute atomic E-state index is 12.3. The molecule has 3 rings (SSSR count). The minimum absolute atomic E-state index is 0.171. The van der Waals surface area contributed by atoms with Gasteiger partial charge in [0.2, 0.25) is 0 Å². The molecule has 1 heterocycles. The third-order valence-electron chi connectivity index (χ3n) is 4.09. The molecule has 0 saturated carbocycles. The van der Waals surface area contributed by atoms with E-state index >= 15 is 0 Å². The fourth-order valence-corrected chi connectivity index (χ4v) is 2.95. The minimum Gasteiger partial charge on any atom is -0.350 e. The number of nitrogens with one attached hydrogen (secondary N) is 3. The van der Waals surface area contributed by atoms with Gasteiger partial charge in [-0.3, -0.25) is 14.5 Å². The average Bonchev–Trinajstić information content (AvgIpc) is 3.11. The SMILES string of the molecule is O=C(NCCNC(=O)c1ccccc1Cl)c1cccc(N2CCNC2=O)c1. The Balaban J connectivity index is 1.50. The maximum Gasteiger partial charge on any atom is 0.321 e. The van der Waals surface area contributed by atoms with Gasteiger partial charge in [-0.2, -0.15) is 0 Å². The summed E-state index contributed by atoms with van der Waals surface area (Å²) >= 11 is 5.98. The molecule has 1 fully saturated rings. The third-order valence-corrected chi connectivity index (χ3v) is 4.42. The van der Waals surface area contributed by atoms with Crippen LogP contribution in [0.15, 0.2) is 48.5 Å². The third kappa shape index (κ3) is 4.57. The molecule has 0 radical (unpaired) electrons. The van der Waals surface area contributed by atoms with Crippen molar-refractivity contribution in [1.29, 1.82) is 0 Å². The number of amides is 4. The summed E-state index contributed by atoms with van der Waals surface area (Å²) in [6.07, 6.45) is 0. The van der Waals surface area contributed by atoms with Crippen LogP contribution in [0.2, 0.25) is 5.02 Å². The molecule has 4 amide bonds. The Kier molecular flexibility index (Phi) is 5.93. The van der Waals surface area contributed by atoms with Gasteiger partial charge in [-0.1, -0.05) is 29.8 Å². The highest BCUT2D eigenvalue weighted by Crippen LogP contribution is 2.18. The second-order valence-corrected chi connectivity index (χ2v) is 6.33. The number of urea groups is 1. The molecule has 0 aromatic heterocycles. The molecule has 0 unspecified atom stereocenters. The van der Waals surface area contributed by atoms with Crippen LogP contribution < -0.4 is 20.9 Å². The van der Waals surface area contributed by atoms with E-state index in [9.17, 15) is 14.4 Å². The van der Waals surface area contributed by atoms with Gasteiger partial charge in [0.05, 0.1) is 10.6 Å². The number of carbonyl (C=O) groups excluding carboxylic acids is 3. The van der Waals surface area contributed by atoms with Crippen LogP contribution >= 0.6 is 11.6 Å². The second kappa shape index (κ2) is 8.55. The molecule has 0 aliphatic carbocycles. The quantitative estimate of drug-likeness (QED) is 0.663. The first-order chi connectivity index (χ1) is 13.1. The summed E-state index contributed by atoms with van der Waals surface area (Å²) < 4.78 is 0. The van der Waals surface area contributed by atoms with Gasteiger partial charge < -0.3 is 16.0 Å². The first-order valence-corrected chi connectivity index (χ1v) is 8.90. The van der Waals surface area contributed by atoms with Gasteiger partial charge in [0.25, 0.3) is 11.8 Å². The predicted octanol–water partition coefficient (Wildman–Crippen LogP) is 2.03. The van der Waals surface area contributed by atoms with Crippen LogP contribution in [0, 0.1) is 0 Å². The standard InChI is InChI=1S/C19H19ClN4O3/c20-16-7-2-1-6-15(16)18(26)22-9-8-21-17(25)13-4-3-5-14(12-13)24-11-10-23-19(24)27/h1-7,12H,8-11H2,(H,21,25)(H,22,26)(H,23,27). The number of rotatable bonds is 6. The summed E-state index contributed by atoms with van der Waals surface area (Å²) in [7, 11) is 0. The van der Waals surface area contributed by atoms with Crippen molar-refractivity contribution >= 4 is 35.1 Å². The molecule has 140 valence electrons. The second-order valence-electron chi connectivity index (χ2n) is 5.93. The lowest BCUT2D eigenvalue weighted by atomic mass is 10.1. The molecule has 3 N–H and O–H groups in total. The molecule has 2 aromatic carbocycles. The van der Waals surface area contributed by atoms with E-state index in [0.29, 0.717) is 34.9 Å². The lowest BCUT2D eigenvalue weighted by molar-refractivity contribution is 0.0928. The van der Waals surface area contributed by atoms with E-state index in [0.717, 1.165) is 0 Å². The number of benzene rings is 2. The van der Waals surface area contributed by atoms with Crippen molar-refractivity contribution in [3.05, 3.63) is 64.7 Å². The van der Waals surface area contributed by atoms with Crippen LogP contribution in [0.4, 0.5) is 10.5 Å². The van der Waals surface area contributed by atoms with E-state index in [2.05, 4.69) is 16.0 Å². The molecule has 1 aliphatic heterocycles. The lowest BCUT2D eigenvalue weighted by Crippen LogP contribution is -2.35. The number of halogens is 1. The van der Waals surface area contributed by atoms with Crippen molar-refractivity contribution in [2.75, 3.05) is 31.1 Å². The van der Waals surface area contributed by atoms with Crippen LogP contribution in [-0.2, 0) is 0 Å². The Morgan fingerprint density at radius 3 is 2.48 bits per heavy atom. The van der Waals surface area contributed by atoms with Crippen LogP contribution in [0.5, 0.6) is 0 Å². The van der Waals surface area contributed by atoms with Crippen LogP contribution in [0.1, 0.15) is 20.7 Å². The van der Waals surface area contributed by atoms with E-state index in [1.165, 1.54) is 0 Å². The molecule has 1 saturated heterocycles.